The number of nitrogens with one attached hydrogen (secondary N) is 1. The second-order valence-corrected chi connectivity index (χ2v) is 6.71. The van der Waals surface area contributed by atoms with Crippen LogP contribution in [0.1, 0.15) is 34.0 Å². The number of hydrogen-bond donors (Lipinski definition) is 1. The van der Waals surface area contributed by atoms with Crippen LogP contribution in [0, 0.1) is 13.8 Å². The van der Waals surface area contributed by atoms with Gasteiger partial charge in [-0.3, -0.25) is 14.4 Å². The van der Waals surface area contributed by atoms with Crippen LogP contribution in [0.2, 0.25) is 0 Å². The summed E-state index contributed by atoms with van der Waals surface area (Å²) in [7, 11) is 0. The molecule has 0 aliphatic heterocycles. The highest BCUT2D eigenvalue weighted by Crippen LogP contribution is 2.25. The number of furan rings is 1. The molecule has 0 spiro atoms. The quantitative estimate of drug-likeness (QED) is 0.517. The first-order valence-electron chi connectivity index (χ1n) is 8.87. The summed E-state index contributed by atoms with van der Waals surface area (Å²) in [6.07, 6.45) is 1.57. The van der Waals surface area contributed by atoms with Crippen molar-refractivity contribution in [3.8, 4) is 0 Å². The topological polar surface area (TPSA) is 85.6 Å². The van der Waals surface area contributed by atoms with Crippen LogP contribution in [-0.2, 0) is 20.7 Å². The molecule has 0 aliphatic carbocycles. The number of hydrogen-bond acceptors (Lipinski definition) is 5. The molecule has 1 N–H and O–H groups in total. The van der Waals surface area contributed by atoms with Gasteiger partial charge in [0.2, 0.25) is 0 Å². The number of ketones is 1. The van der Waals surface area contributed by atoms with E-state index in [2.05, 4.69) is 5.32 Å². The van der Waals surface area contributed by atoms with Crippen LogP contribution in [-0.4, -0.2) is 24.3 Å². The monoisotopic (exact) mass is 379 g/mol. The predicted octanol–water partition coefficient (Wildman–Crippen LogP) is 3.98. The Bertz CT molecular complexity index is 1050. The molecule has 0 aliphatic rings. The van der Waals surface area contributed by atoms with E-state index < -0.39 is 11.9 Å². The number of aryl methyl sites for hydroxylation is 2. The summed E-state index contributed by atoms with van der Waals surface area (Å²) in [4.78, 5) is 35.3. The molecule has 3 aromatic rings. The molecule has 28 heavy (non-hydrogen) atoms. The number of carbonyl (C=O) groups is 3. The second-order valence-electron chi connectivity index (χ2n) is 6.71. The van der Waals surface area contributed by atoms with Crippen molar-refractivity contribution >= 4 is 34.3 Å². The summed E-state index contributed by atoms with van der Waals surface area (Å²) in [5, 5.41) is 3.49. The van der Waals surface area contributed by atoms with E-state index in [1.54, 1.807) is 30.5 Å². The number of esters is 1. The molecule has 0 radical (unpaired) electrons. The Balaban J connectivity index is 1.55. The van der Waals surface area contributed by atoms with Gasteiger partial charge in [-0.25, -0.2) is 0 Å². The van der Waals surface area contributed by atoms with Gasteiger partial charge in [0.25, 0.3) is 5.91 Å². The van der Waals surface area contributed by atoms with Crippen molar-refractivity contribution in [2.24, 2.45) is 0 Å². The van der Waals surface area contributed by atoms with Gasteiger partial charge in [0.1, 0.15) is 5.58 Å². The molecule has 0 saturated heterocycles. The molecule has 0 bridgehead atoms. The maximum absolute atomic E-state index is 12.1. The summed E-state index contributed by atoms with van der Waals surface area (Å²) >= 11 is 0. The average molecular weight is 379 g/mol. The van der Waals surface area contributed by atoms with Crippen molar-refractivity contribution in [3.05, 3.63) is 64.9 Å². The Morgan fingerprint density at radius 2 is 1.71 bits per heavy atom. The molecule has 2 aromatic carbocycles. The van der Waals surface area contributed by atoms with Crippen molar-refractivity contribution in [3.63, 3.8) is 0 Å². The number of benzene rings is 2. The zero-order chi connectivity index (χ0) is 20.3. The zero-order valence-corrected chi connectivity index (χ0v) is 16.0. The van der Waals surface area contributed by atoms with Gasteiger partial charge >= 0.3 is 5.97 Å². The molecule has 1 heterocycles. The minimum Gasteiger partial charge on any atom is -0.464 e. The molecule has 0 saturated carbocycles. The fraction of sp³-hybridized carbons (Fsp3) is 0.227. The van der Waals surface area contributed by atoms with Crippen LogP contribution in [0.25, 0.3) is 11.0 Å². The normalized spacial score (nSPS) is 10.7. The third-order valence-electron chi connectivity index (χ3n) is 4.54. The minimum absolute atomic E-state index is 0.0239. The Kier molecular flexibility index (Phi) is 5.59. The molecule has 0 atom stereocenters. The van der Waals surface area contributed by atoms with Crippen LogP contribution in [0.15, 0.2) is 47.1 Å². The number of fused-ring (bicyclic) bond motifs is 1. The Morgan fingerprint density at radius 1 is 1.04 bits per heavy atom. The summed E-state index contributed by atoms with van der Waals surface area (Å²) in [5.74, 6) is -1.01. The average Bonchev–Trinajstić information content (AvgIpc) is 3.02. The standard InChI is InChI=1S/C22H21NO5/c1-13-8-19-17(11-27-20(19)9-14(13)2)10-22(26)28-12-21(25)23-18-6-4-16(5-7-18)15(3)24/h4-9,11H,10,12H2,1-3H3,(H,23,25). The van der Waals surface area contributed by atoms with Crippen LogP contribution in [0.3, 0.4) is 0 Å². The molecule has 6 heteroatoms. The van der Waals surface area contributed by atoms with Gasteiger partial charge in [-0.05, 0) is 68.3 Å². The van der Waals surface area contributed by atoms with Gasteiger partial charge in [0.15, 0.2) is 12.4 Å². The van der Waals surface area contributed by atoms with Crippen molar-refractivity contribution in [2.75, 3.05) is 11.9 Å². The maximum atomic E-state index is 12.1. The Labute approximate surface area is 162 Å². The third-order valence-corrected chi connectivity index (χ3v) is 4.54. The highest BCUT2D eigenvalue weighted by molar-refractivity contribution is 5.96. The highest BCUT2D eigenvalue weighted by atomic mass is 16.5. The van der Waals surface area contributed by atoms with Gasteiger partial charge < -0.3 is 14.5 Å². The smallest absolute Gasteiger partial charge is 0.310 e. The van der Waals surface area contributed by atoms with Gasteiger partial charge in [-0.15, -0.1) is 0 Å². The molecule has 0 unspecified atom stereocenters. The lowest BCUT2D eigenvalue weighted by Gasteiger charge is -2.07. The third kappa shape index (κ3) is 4.46. The van der Waals surface area contributed by atoms with Crippen LogP contribution >= 0.6 is 0 Å². The number of amides is 1. The van der Waals surface area contributed by atoms with Crippen molar-refractivity contribution in [2.45, 2.75) is 27.2 Å². The first-order valence-corrected chi connectivity index (χ1v) is 8.87. The number of carbonyl (C=O) groups excluding carboxylic acids is 3. The predicted molar refractivity (Wildman–Crippen MR) is 105 cm³/mol. The van der Waals surface area contributed by atoms with E-state index >= 15 is 0 Å². The van der Waals surface area contributed by atoms with E-state index in [1.807, 2.05) is 26.0 Å². The minimum atomic E-state index is -0.511. The van der Waals surface area contributed by atoms with Gasteiger partial charge in [-0.2, -0.15) is 0 Å². The molecular formula is C22H21NO5. The largest absolute Gasteiger partial charge is 0.464 e. The molecular weight excluding hydrogens is 358 g/mol. The first kappa shape index (κ1) is 19.4. The van der Waals surface area contributed by atoms with E-state index in [0.717, 1.165) is 27.7 Å². The van der Waals surface area contributed by atoms with Crippen molar-refractivity contribution in [1.82, 2.24) is 0 Å². The Hall–Kier alpha value is -3.41. The summed E-state index contributed by atoms with van der Waals surface area (Å²) in [5.41, 5.74) is 4.75. The molecule has 1 amide bonds. The number of Topliss-reactive ketones (excluding diaryl/α,β-unsaturated/α-hetero) is 1. The fourth-order valence-corrected chi connectivity index (χ4v) is 2.81. The molecule has 144 valence electrons. The number of ether oxygens (including phenoxy) is 1. The van der Waals surface area contributed by atoms with Crippen molar-refractivity contribution < 1.29 is 23.5 Å². The lowest BCUT2D eigenvalue weighted by atomic mass is 10.0. The lowest BCUT2D eigenvalue weighted by Crippen LogP contribution is -2.21. The van der Waals surface area contributed by atoms with Gasteiger partial charge in [0, 0.05) is 22.2 Å². The van der Waals surface area contributed by atoms with Crippen molar-refractivity contribution in [1.29, 1.82) is 0 Å². The summed E-state index contributed by atoms with van der Waals surface area (Å²) < 4.78 is 10.6. The van der Waals surface area contributed by atoms with Crippen LogP contribution in [0.5, 0.6) is 0 Å². The van der Waals surface area contributed by atoms with Gasteiger partial charge in [0.05, 0.1) is 12.7 Å². The van der Waals surface area contributed by atoms with Gasteiger partial charge in [-0.1, -0.05) is 0 Å². The highest BCUT2D eigenvalue weighted by Gasteiger charge is 2.14. The zero-order valence-electron chi connectivity index (χ0n) is 16.0. The fourth-order valence-electron chi connectivity index (χ4n) is 2.81. The summed E-state index contributed by atoms with van der Waals surface area (Å²) in [6, 6.07) is 10.4. The number of anilines is 1. The summed E-state index contributed by atoms with van der Waals surface area (Å²) in [6.45, 7) is 5.08. The van der Waals surface area contributed by atoms with E-state index in [4.69, 9.17) is 9.15 Å². The maximum Gasteiger partial charge on any atom is 0.310 e. The molecule has 0 fully saturated rings. The SMILES string of the molecule is CC(=O)c1ccc(NC(=O)COC(=O)Cc2coc3cc(C)c(C)cc23)cc1. The van der Waals surface area contributed by atoms with E-state index in [0.29, 0.717) is 11.3 Å². The molecule has 1 aromatic heterocycles. The molecule has 3 rings (SSSR count). The van der Waals surface area contributed by atoms with E-state index in [1.165, 1.54) is 6.92 Å². The van der Waals surface area contributed by atoms with Crippen LogP contribution < -0.4 is 5.32 Å². The van der Waals surface area contributed by atoms with E-state index in [9.17, 15) is 14.4 Å². The van der Waals surface area contributed by atoms with Crippen LogP contribution in [0.4, 0.5) is 5.69 Å². The lowest BCUT2D eigenvalue weighted by molar-refractivity contribution is -0.146. The second kappa shape index (κ2) is 8.08. The first-order chi connectivity index (χ1) is 13.3. The Morgan fingerprint density at radius 3 is 2.39 bits per heavy atom. The number of rotatable bonds is 6. The van der Waals surface area contributed by atoms with E-state index in [-0.39, 0.29) is 18.8 Å². The molecule has 6 nitrogen and oxygen atoms in total.